The highest BCUT2D eigenvalue weighted by Gasteiger charge is 2.13. The fourth-order valence-electron chi connectivity index (χ4n) is 2.10. The van der Waals surface area contributed by atoms with Gasteiger partial charge in [-0.25, -0.2) is 4.79 Å². The van der Waals surface area contributed by atoms with Crippen LogP contribution in [-0.4, -0.2) is 18.4 Å². The second-order valence-corrected chi connectivity index (χ2v) is 4.90. The van der Waals surface area contributed by atoms with Crippen LogP contribution in [0.5, 0.6) is 0 Å². The molecular weight excluding hydrogens is 252 g/mol. The van der Waals surface area contributed by atoms with Crippen LogP contribution in [0, 0.1) is 0 Å². The molecule has 0 heterocycles. The van der Waals surface area contributed by atoms with E-state index in [9.17, 15) is 9.59 Å². The molecule has 0 unspecified atom stereocenters. The number of ether oxygens (including phenoxy) is 1. The van der Waals surface area contributed by atoms with Gasteiger partial charge in [0.1, 0.15) is 0 Å². The van der Waals surface area contributed by atoms with E-state index < -0.39 is 11.8 Å². The van der Waals surface area contributed by atoms with Crippen molar-refractivity contribution in [1.29, 1.82) is 0 Å². The SMILES string of the molecule is CCOC(=O)C(=O)CCCCCCCc1ccccc1. The summed E-state index contributed by atoms with van der Waals surface area (Å²) in [4.78, 5) is 22.4. The molecule has 1 aromatic rings. The largest absolute Gasteiger partial charge is 0.460 e. The van der Waals surface area contributed by atoms with Crippen molar-refractivity contribution in [3.63, 3.8) is 0 Å². The summed E-state index contributed by atoms with van der Waals surface area (Å²) in [6.45, 7) is 1.97. The monoisotopic (exact) mass is 276 g/mol. The predicted molar refractivity (Wildman–Crippen MR) is 79.5 cm³/mol. The highest BCUT2D eigenvalue weighted by atomic mass is 16.5. The highest BCUT2D eigenvalue weighted by molar-refractivity contribution is 6.33. The lowest BCUT2D eigenvalue weighted by Gasteiger charge is -2.03. The molecule has 0 fully saturated rings. The lowest BCUT2D eigenvalue weighted by Crippen LogP contribution is -2.16. The van der Waals surface area contributed by atoms with Crippen LogP contribution in [-0.2, 0) is 20.7 Å². The summed E-state index contributed by atoms with van der Waals surface area (Å²) in [6.07, 6.45) is 6.67. The molecule has 0 saturated carbocycles. The van der Waals surface area contributed by atoms with Crippen molar-refractivity contribution in [1.82, 2.24) is 0 Å². The summed E-state index contributed by atoms with van der Waals surface area (Å²) in [5.41, 5.74) is 1.38. The number of ketones is 1. The van der Waals surface area contributed by atoms with Crippen LogP contribution in [0.3, 0.4) is 0 Å². The highest BCUT2D eigenvalue weighted by Crippen LogP contribution is 2.10. The van der Waals surface area contributed by atoms with Gasteiger partial charge in [-0.1, -0.05) is 49.6 Å². The van der Waals surface area contributed by atoms with Crippen molar-refractivity contribution in [2.24, 2.45) is 0 Å². The maximum absolute atomic E-state index is 11.3. The van der Waals surface area contributed by atoms with Crippen LogP contribution >= 0.6 is 0 Å². The third-order valence-electron chi connectivity index (χ3n) is 3.22. The number of esters is 1. The predicted octanol–water partition coefficient (Wildman–Crippen LogP) is 3.70. The number of rotatable bonds is 10. The molecule has 0 aliphatic rings. The normalized spacial score (nSPS) is 10.2. The Bertz CT molecular complexity index is 398. The maximum atomic E-state index is 11.3. The van der Waals surface area contributed by atoms with Gasteiger partial charge in [-0.15, -0.1) is 0 Å². The van der Waals surface area contributed by atoms with Gasteiger partial charge in [0.15, 0.2) is 0 Å². The topological polar surface area (TPSA) is 43.4 Å². The molecule has 0 aromatic heterocycles. The molecule has 0 amide bonds. The number of Topliss-reactive ketones (excluding diaryl/α,β-unsaturated/α-hetero) is 1. The van der Waals surface area contributed by atoms with E-state index >= 15 is 0 Å². The molecule has 0 N–H and O–H groups in total. The Morgan fingerprint density at radius 1 is 0.950 bits per heavy atom. The van der Waals surface area contributed by atoms with Gasteiger partial charge in [-0.3, -0.25) is 4.79 Å². The maximum Gasteiger partial charge on any atom is 0.374 e. The third-order valence-corrected chi connectivity index (χ3v) is 3.22. The van der Waals surface area contributed by atoms with Crippen molar-refractivity contribution in [3.05, 3.63) is 35.9 Å². The number of carbonyl (C=O) groups excluding carboxylic acids is 2. The summed E-state index contributed by atoms with van der Waals surface area (Å²) < 4.78 is 4.66. The standard InChI is InChI=1S/C17H24O3/c1-2-20-17(19)16(18)14-10-5-3-4-7-11-15-12-8-6-9-13-15/h6,8-9,12-13H,2-5,7,10-11,14H2,1H3. The minimum atomic E-state index is -0.684. The first-order chi connectivity index (χ1) is 9.74. The molecule has 0 spiro atoms. The number of benzene rings is 1. The van der Waals surface area contributed by atoms with E-state index in [-0.39, 0.29) is 6.61 Å². The third kappa shape index (κ3) is 7.07. The second kappa shape index (κ2) is 10.2. The van der Waals surface area contributed by atoms with E-state index in [1.54, 1.807) is 6.92 Å². The molecule has 3 nitrogen and oxygen atoms in total. The molecule has 0 aliphatic carbocycles. The number of hydrogen-bond donors (Lipinski definition) is 0. The molecule has 1 rings (SSSR count). The van der Waals surface area contributed by atoms with Crippen molar-refractivity contribution in [2.45, 2.75) is 51.9 Å². The molecule has 110 valence electrons. The lowest BCUT2D eigenvalue weighted by atomic mass is 10.0. The molecule has 0 bridgehead atoms. The molecule has 0 aliphatic heterocycles. The quantitative estimate of drug-likeness (QED) is 0.372. The van der Waals surface area contributed by atoms with E-state index in [2.05, 4.69) is 29.0 Å². The van der Waals surface area contributed by atoms with Crippen molar-refractivity contribution >= 4 is 11.8 Å². The Balaban J connectivity index is 1.97. The molecule has 20 heavy (non-hydrogen) atoms. The first kappa shape index (κ1) is 16.4. The van der Waals surface area contributed by atoms with Crippen molar-refractivity contribution in [3.8, 4) is 0 Å². The van der Waals surface area contributed by atoms with Crippen LogP contribution in [0.4, 0.5) is 0 Å². The minimum absolute atomic E-state index is 0.268. The molecule has 3 heteroatoms. The Hall–Kier alpha value is -1.64. The summed E-state index contributed by atoms with van der Waals surface area (Å²) >= 11 is 0. The van der Waals surface area contributed by atoms with Crippen molar-refractivity contribution in [2.75, 3.05) is 6.61 Å². The molecule has 1 aromatic carbocycles. The zero-order chi connectivity index (χ0) is 14.6. The zero-order valence-electron chi connectivity index (χ0n) is 12.3. The van der Waals surface area contributed by atoms with Crippen LogP contribution in [0.2, 0.25) is 0 Å². The van der Waals surface area contributed by atoms with Gasteiger partial charge in [0.25, 0.3) is 0 Å². The Labute approximate surface area is 121 Å². The Morgan fingerprint density at radius 2 is 1.60 bits per heavy atom. The first-order valence-corrected chi connectivity index (χ1v) is 7.48. The number of unbranched alkanes of at least 4 members (excludes halogenated alkanes) is 4. The molecule has 0 atom stereocenters. The summed E-state index contributed by atoms with van der Waals surface area (Å²) in [5, 5.41) is 0. The average Bonchev–Trinajstić information content (AvgIpc) is 2.47. The van der Waals surface area contributed by atoms with Crippen molar-refractivity contribution < 1.29 is 14.3 Å². The summed E-state index contributed by atoms with van der Waals surface area (Å²) in [6, 6.07) is 10.5. The first-order valence-electron chi connectivity index (χ1n) is 7.48. The van der Waals surface area contributed by atoms with E-state index in [0.29, 0.717) is 6.42 Å². The fraction of sp³-hybridized carbons (Fsp3) is 0.529. The molecule has 0 saturated heterocycles. The van der Waals surface area contributed by atoms with Gasteiger partial charge >= 0.3 is 5.97 Å². The number of carbonyl (C=O) groups is 2. The molecule has 0 radical (unpaired) electrons. The van der Waals surface area contributed by atoms with Gasteiger partial charge in [0.05, 0.1) is 6.61 Å². The summed E-state index contributed by atoms with van der Waals surface area (Å²) in [7, 11) is 0. The van der Waals surface area contributed by atoms with Crippen LogP contribution in [0.1, 0.15) is 51.0 Å². The van der Waals surface area contributed by atoms with Crippen LogP contribution in [0.25, 0.3) is 0 Å². The number of hydrogen-bond acceptors (Lipinski definition) is 3. The smallest absolute Gasteiger partial charge is 0.374 e. The van der Waals surface area contributed by atoms with E-state index in [4.69, 9.17) is 0 Å². The lowest BCUT2D eigenvalue weighted by molar-refractivity contribution is -0.153. The minimum Gasteiger partial charge on any atom is -0.460 e. The van der Waals surface area contributed by atoms with Crippen LogP contribution in [0.15, 0.2) is 30.3 Å². The van der Waals surface area contributed by atoms with Gasteiger partial charge in [0.2, 0.25) is 5.78 Å². The van der Waals surface area contributed by atoms with Gasteiger partial charge in [0, 0.05) is 6.42 Å². The van der Waals surface area contributed by atoms with E-state index in [0.717, 1.165) is 25.7 Å². The van der Waals surface area contributed by atoms with Gasteiger partial charge in [-0.05, 0) is 31.7 Å². The Kier molecular flexibility index (Phi) is 8.36. The summed E-state index contributed by atoms with van der Waals surface area (Å²) in [5.74, 6) is -1.08. The average molecular weight is 276 g/mol. The fourth-order valence-corrected chi connectivity index (χ4v) is 2.10. The van der Waals surface area contributed by atoms with E-state index in [1.807, 2.05) is 6.07 Å². The van der Waals surface area contributed by atoms with Crippen LogP contribution < -0.4 is 0 Å². The van der Waals surface area contributed by atoms with Gasteiger partial charge in [-0.2, -0.15) is 0 Å². The Morgan fingerprint density at radius 3 is 2.30 bits per heavy atom. The van der Waals surface area contributed by atoms with Gasteiger partial charge < -0.3 is 4.74 Å². The zero-order valence-corrected chi connectivity index (χ0v) is 12.3. The van der Waals surface area contributed by atoms with E-state index in [1.165, 1.54) is 18.4 Å². The molecular formula is C17H24O3. The number of aryl methyl sites for hydroxylation is 1. The second-order valence-electron chi connectivity index (χ2n) is 4.90.